The molecule has 3 rings (SSSR count). The summed E-state index contributed by atoms with van der Waals surface area (Å²) in [7, 11) is 0. The number of imidazole rings is 1. The van der Waals surface area contributed by atoms with E-state index in [0.29, 0.717) is 17.2 Å². The molecule has 0 spiro atoms. The molecule has 6 heteroatoms. The second-order valence-electron chi connectivity index (χ2n) is 6.83. The highest BCUT2D eigenvalue weighted by atomic mass is 32.2. The lowest BCUT2D eigenvalue weighted by Crippen LogP contribution is -2.23. The molecule has 1 aromatic heterocycles. The lowest BCUT2D eigenvalue weighted by Gasteiger charge is -2.15. The molecule has 27 heavy (non-hydrogen) atoms. The van der Waals surface area contributed by atoms with E-state index in [1.54, 1.807) is 24.3 Å². The first-order valence-corrected chi connectivity index (χ1v) is 9.79. The summed E-state index contributed by atoms with van der Waals surface area (Å²) in [6, 6.07) is 17.0. The van der Waals surface area contributed by atoms with Crippen molar-refractivity contribution < 1.29 is 4.79 Å². The summed E-state index contributed by atoms with van der Waals surface area (Å²) in [4.78, 5) is 17.3. The predicted octanol–water partition coefficient (Wildman–Crippen LogP) is 4.68. The summed E-state index contributed by atoms with van der Waals surface area (Å²) in [5.41, 5.74) is 3.29. The minimum Gasteiger partial charge on any atom is -0.325 e. The van der Waals surface area contributed by atoms with E-state index < -0.39 is 0 Å². The molecule has 2 aromatic carbocycles. The number of para-hydroxylation sites is 2. The number of rotatable bonds is 6. The molecule has 1 atom stereocenters. The number of hydrogen-bond donors (Lipinski definition) is 1. The lowest BCUT2D eigenvalue weighted by atomic mass is 10.2. The van der Waals surface area contributed by atoms with E-state index in [4.69, 9.17) is 10.2 Å². The fraction of sp³-hybridized carbons (Fsp3) is 0.286. The second kappa shape index (κ2) is 8.28. The number of benzene rings is 2. The molecule has 138 valence electrons. The Balaban J connectivity index is 1.77. The number of amides is 1. The highest BCUT2D eigenvalue weighted by Crippen LogP contribution is 2.28. The van der Waals surface area contributed by atoms with Crippen molar-refractivity contribution in [2.24, 2.45) is 5.92 Å². The van der Waals surface area contributed by atoms with E-state index in [0.717, 1.165) is 22.7 Å². The topological polar surface area (TPSA) is 70.7 Å². The Morgan fingerprint density at radius 3 is 2.56 bits per heavy atom. The van der Waals surface area contributed by atoms with Crippen LogP contribution in [0, 0.1) is 17.2 Å². The summed E-state index contributed by atoms with van der Waals surface area (Å²) in [6.45, 7) is 7.07. The maximum atomic E-state index is 12.6. The van der Waals surface area contributed by atoms with Crippen molar-refractivity contribution in [1.82, 2.24) is 9.55 Å². The minimum atomic E-state index is -0.302. The molecule has 0 aliphatic carbocycles. The quantitative estimate of drug-likeness (QED) is 0.632. The van der Waals surface area contributed by atoms with Crippen LogP contribution in [-0.4, -0.2) is 20.7 Å². The number of fused-ring (bicyclic) bond motifs is 1. The van der Waals surface area contributed by atoms with Gasteiger partial charge in [0.05, 0.1) is 27.9 Å². The zero-order valence-corrected chi connectivity index (χ0v) is 16.5. The van der Waals surface area contributed by atoms with Gasteiger partial charge in [-0.25, -0.2) is 4.98 Å². The normalized spacial score (nSPS) is 12.1. The van der Waals surface area contributed by atoms with E-state index >= 15 is 0 Å². The van der Waals surface area contributed by atoms with Crippen LogP contribution in [-0.2, 0) is 11.3 Å². The fourth-order valence-corrected chi connectivity index (χ4v) is 3.70. The van der Waals surface area contributed by atoms with Crippen LogP contribution in [0.15, 0.2) is 53.7 Å². The summed E-state index contributed by atoms with van der Waals surface area (Å²) in [5, 5.41) is 12.3. The number of nitrogens with one attached hydrogen (secondary N) is 1. The van der Waals surface area contributed by atoms with Crippen molar-refractivity contribution in [3.8, 4) is 6.07 Å². The molecule has 3 aromatic rings. The molecule has 1 amide bonds. The van der Waals surface area contributed by atoms with E-state index in [1.165, 1.54) is 11.8 Å². The van der Waals surface area contributed by atoms with Crippen molar-refractivity contribution in [1.29, 1.82) is 5.26 Å². The molecule has 0 aliphatic heterocycles. The summed E-state index contributed by atoms with van der Waals surface area (Å²) in [6.07, 6.45) is 0. The average Bonchev–Trinajstić information content (AvgIpc) is 2.99. The first-order chi connectivity index (χ1) is 13.0. The maximum absolute atomic E-state index is 12.6. The molecular formula is C21H22N4OS. The van der Waals surface area contributed by atoms with E-state index in [2.05, 4.69) is 35.9 Å². The number of aromatic nitrogens is 2. The zero-order chi connectivity index (χ0) is 19.4. The van der Waals surface area contributed by atoms with Crippen LogP contribution >= 0.6 is 11.8 Å². The fourth-order valence-electron chi connectivity index (χ4n) is 2.77. The van der Waals surface area contributed by atoms with Crippen LogP contribution < -0.4 is 5.32 Å². The Kier molecular flexibility index (Phi) is 5.82. The Bertz CT molecular complexity index is 986. The van der Waals surface area contributed by atoms with Crippen molar-refractivity contribution in [2.75, 3.05) is 5.32 Å². The molecule has 0 bridgehead atoms. The van der Waals surface area contributed by atoms with Crippen LogP contribution in [0.5, 0.6) is 0 Å². The SMILES string of the molecule is CC(C)Cn1c(S[C@@H](C)C(=O)Nc2ccc(C#N)cc2)nc2ccccc21. The van der Waals surface area contributed by atoms with E-state index in [-0.39, 0.29) is 11.2 Å². The van der Waals surface area contributed by atoms with E-state index in [1.807, 2.05) is 25.1 Å². The van der Waals surface area contributed by atoms with Crippen LogP contribution in [0.4, 0.5) is 5.69 Å². The summed E-state index contributed by atoms with van der Waals surface area (Å²) in [5.74, 6) is 0.387. The van der Waals surface area contributed by atoms with Gasteiger partial charge in [-0.1, -0.05) is 37.7 Å². The highest BCUT2D eigenvalue weighted by molar-refractivity contribution is 8.00. The molecule has 0 aliphatic rings. The zero-order valence-electron chi connectivity index (χ0n) is 15.6. The standard InChI is InChI=1S/C21H22N4OS/c1-14(2)13-25-19-7-5-4-6-18(19)24-21(25)27-15(3)20(26)23-17-10-8-16(12-22)9-11-17/h4-11,14-15H,13H2,1-3H3,(H,23,26)/t15-/m0/s1. The Labute approximate surface area is 163 Å². The van der Waals surface area contributed by atoms with Crippen LogP contribution in [0.3, 0.4) is 0 Å². The lowest BCUT2D eigenvalue weighted by molar-refractivity contribution is -0.115. The molecule has 0 saturated heterocycles. The molecule has 1 heterocycles. The third-order valence-corrected chi connectivity index (χ3v) is 5.19. The van der Waals surface area contributed by atoms with Crippen LogP contribution in [0.1, 0.15) is 26.3 Å². The Hall–Kier alpha value is -2.78. The van der Waals surface area contributed by atoms with Gasteiger partial charge in [-0.2, -0.15) is 5.26 Å². The monoisotopic (exact) mass is 378 g/mol. The maximum Gasteiger partial charge on any atom is 0.237 e. The Morgan fingerprint density at radius 1 is 1.19 bits per heavy atom. The van der Waals surface area contributed by atoms with Crippen LogP contribution in [0.25, 0.3) is 11.0 Å². The van der Waals surface area contributed by atoms with Gasteiger partial charge in [0, 0.05) is 12.2 Å². The largest absolute Gasteiger partial charge is 0.325 e. The predicted molar refractivity (Wildman–Crippen MR) is 110 cm³/mol. The van der Waals surface area contributed by atoms with Gasteiger partial charge in [-0.3, -0.25) is 4.79 Å². The van der Waals surface area contributed by atoms with Gasteiger partial charge >= 0.3 is 0 Å². The minimum absolute atomic E-state index is 0.0899. The second-order valence-corrected chi connectivity index (χ2v) is 8.13. The van der Waals surface area contributed by atoms with Gasteiger partial charge in [0.25, 0.3) is 0 Å². The number of carbonyl (C=O) groups excluding carboxylic acids is 1. The van der Waals surface area contributed by atoms with Crippen molar-refractivity contribution in [3.63, 3.8) is 0 Å². The molecular weight excluding hydrogens is 356 g/mol. The van der Waals surface area contributed by atoms with Gasteiger partial charge < -0.3 is 9.88 Å². The molecule has 0 saturated carbocycles. The third kappa shape index (κ3) is 4.50. The van der Waals surface area contributed by atoms with E-state index in [9.17, 15) is 4.79 Å². The van der Waals surface area contributed by atoms with Gasteiger partial charge in [-0.05, 0) is 49.2 Å². The van der Waals surface area contributed by atoms with Gasteiger partial charge in [0.15, 0.2) is 5.16 Å². The van der Waals surface area contributed by atoms with Crippen LogP contribution in [0.2, 0.25) is 0 Å². The Morgan fingerprint density at radius 2 is 1.89 bits per heavy atom. The molecule has 5 nitrogen and oxygen atoms in total. The van der Waals surface area contributed by atoms with Crippen molar-refractivity contribution >= 4 is 34.4 Å². The summed E-state index contributed by atoms with van der Waals surface area (Å²) >= 11 is 1.46. The van der Waals surface area contributed by atoms with Gasteiger partial charge in [0.2, 0.25) is 5.91 Å². The number of nitriles is 1. The van der Waals surface area contributed by atoms with Gasteiger partial charge in [-0.15, -0.1) is 0 Å². The number of nitrogens with zero attached hydrogens (tertiary/aromatic N) is 3. The number of carbonyl (C=O) groups is 1. The molecule has 1 N–H and O–H groups in total. The first kappa shape index (κ1) is 19.0. The smallest absolute Gasteiger partial charge is 0.237 e. The number of hydrogen-bond acceptors (Lipinski definition) is 4. The number of thioether (sulfide) groups is 1. The first-order valence-electron chi connectivity index (χ1n) is 8.91. The average molecular weight is 379 g/mol. The molecule has 0 fully saturated rings. The molecule has 0 radical (unpaired) electrons. The van der Waals surface area contributed by atoms with Crippen molar-refractivity contribution in [3.05, 3.63) is 54.1 Å². The highest BCUT2D eigenvalue weighted by Gasteiger charge is 2.20. The molecule has 0 unspecified atom stereocenters. The number of anilines is 1. The summed E-state index contributed by atoms with van der Waals surface area (Å²) < 4.78 is 2.19. The third-order valence-electron chi connectivity index (χ3n) is 4.10. The van der Waals surface area contributed by atoms with Crippen molar-refractivity contribution in [2.45, 2.75) is 37.7 Å². The van der Waals surface area contributed by atoms with Gasteiger partial charge in [0.1, 0.15) is 0 Å².